The molecule has 1 aromatic rings. The summed E-state index contributed by atoms with van der Waals surface area (Å²) in [5.41, 5.74) is 0.960. The Kier molecular flexibility index (Phi) is 6.64. The van der Waals surface area contributed by atoms with Gasteiger partial charge in [0, 0.05) is 25.8 Å². The number of nitriles is 2. The first-order chi connectivity index (χ1) is 9.69. The number of rotatable bonds is 7. The maximum absolute atomic E-state index is 12.2. The Morgan fingerprint density at radius 2 is 1.65 bits per heavy atom. The number of hydrogen-bond acceptors (Lipinski definition) is 4. The number of anilines is 1. The number of carbonyl (C=O) groups excluding carboxylic acids is 1. The van der Waals surface area contributed by atoms with E-state index in [-0.39, 0.29) is 25.3 Å². The van der Waals surface area contributed by atoms with Gasteiger partial charge in [0.15, 0.2) is 0 Å². The third-order valence-corrected chi connectivity index (χ3v) is 2.91. The number of likely N-dealkylation sites (N-methyl/N-ethyl adjacent to an activating group) is 1. The molecule has 1 rings (SSSR count). The largest absolute Gasteiger partial charge is 0.365 e. The monoisotopic (exact) mass is 270 g/mol. The van der Waals surface area contributed by atoms with Crippen LogP contribution in [0.4, 0.5) is 5.69 Å². The zero-order valence-electron chi connectivity index (χ0n) is 11.6. The summed E-state index contributed by atoms with van der Waals surface area (Å²) < 4.78 is 0. The van der Waals surface area contributed by atoms with E-state index in [9.17, 15) is 4.79 Å². The molecule has 0 saturated carbocycles. The van der Waals surface area contributed by atoms with E-state index in [1.807, 2.05) is 54.4 Å². The molecule has 0 aliphatic rings. The van der Waals surface area contributed by atoms with Crippen LogP contribution in [0, 0.1) is 22.7 Å². The third kappa shape index (κ3) is 4.99. The van der Waals surface area contributed by atoms with E-state index in [2.05, 4.69) is 0 Å². The molecule has 0 atom stereocenters. The van der Waals surface area contributed by atoms with E-state index in [1.165, 1.54) is 0 Å². The van der Waals surface area contributed by atoms with E-state index in [4.69, 9.17) is 10.5 Å². The maximum atomic E-state index is 12.2. The summed E-state index contributed by atoms with van der Waals surface area (Å²) >= 11 is 0. The minimum Gasteiger partial charge on any atom is -0.365 e. The topological polar surface area (TPSA) is 71.1 Å². The number of hydrogen-bond donors (Lipinski definition) is 0. The van der Waals surface area contributed by atoms with Crippen molar-refractivity contribution in [1.82, 2.24) is 4.90 Å². The van der Waals surface area contributed by atoms with Crippen LogP contribution in [0.5, 0.6) is 0 Å². The van der Waals surface area contributed by atoms with Gasteiger partial charge in [0.05, 0.1) is 31.5 Å². The fraction of sp³-hybridized carbons (Fsp3) is 0.400. The van der Waals surface area contributed by atoms with Gasteiger partial charge in [-0.05, 0) is 12.1 Å². The lowest BCUT2D eigenvalue weighted by atomic mass is 10.3. The van der Waals surface area contributed by atoms with Crippen molar-refractivity contribution in [2.24, 2.45) is 0 Å². The molecular formula is C15H18N4O. The Morgan fingerprint density at radius 1 is 1.10 bits per heavy atom. The molecule has 0 aliphatic heterocycles. The summed E-state index contributed by atoms with van der Waals surface area (Å²) in [6.07, 6.45) is 0.568. The van der Waals surface area contributed by atoms with E-state index in [0.717, 1.165) is 5.69 Å². The second-order valence-electron chi connectivity index (χ2n) is 4.39. The molecule has 0 saturated heterocycles. The van der Waals surface area contributed by atoms with Gasteiger partial charge in [-0.2, -0.15) is 10.5 Å². The first kappa shape index (κ1) is 15.5. The molecule has 0 heterocycles. The first-order valence-electron chi connectivity index (χ1n) is 6.47. The summed E-state index contributed by atoms with van der Waals surface area (Å²) in [6, 6.07) is 13.7. The zero-order valence-corrected chi connectivity index (χ0v) is 11.6. The molecule has 0 fully saturated rings. The average molecular weight is 270 g/mol. The molecule has 1 aromatic carbocycles. The van der Waals surface area contributed by atoms with Gasteiger partial charge in [0.1, 0.15) is 0 Å². The smallest absolute Gasteiger partial charge is 0.242 e. The Bertz CT molecular complexity index is 483. The Hall–Kier alpha value is -2.53. The predicted octanol–water partition coefficient (Wildman–Crippen LogP) is 1.78. The molecule has 0 aromatic heterocycles. The molecule has 5 heteroatoms. The van der Waals surface area contributed by atoms with E-state index < -0.39 is 0 Å². The van der Waals surface area contributed by atoms with Crippen LogP contribution in [-0.4, -0.2) is 37.5 Å². The normalized spacial score (nSPS) is 9.35. The molecular weight excluding hydrogens is 252 g/mol. The summed E-state index contributed by atoms with van der Waals surface area (Å²) in [4.78, 5) is 15.6. The molecule has 0 N–H and O–H groups in total. The van der Waals surface area contributed by atoms with Gasteiger partial charge >= 0.3 is 0 Å². The first-order valence-corrected chi connectivity index (χ1v) is 6.47. The number of amides is 1. The summed E-state index contributed by atoms with van der Waals surface area (Å²) in [5.74, 6) is -0.0677. The highest BCUT2D eigenvalue weighted by Gasteiger charge is 2.15. The van der Waals surface area contributed by atoms with Crippen molar-refractivity contribution in [3.05, 3.63) is 30.3 Å². The van der Waals surface area contributed by atoms with Gasteiger partial charge in [0.2, 0.25) is 5.91 Å². The third-order valence-electron chi connectivity index (χ3n) is 2.91. The molecule has 1 amide bonds. The van der Waals surface area contributed by atoms with E-state index in [0.29, 0.717) is 13.1 Å². The standard InChI is InChI=1S/C15H18N4O/c1-18(14-7-3-2-4-8-14)13-15(20)19(11-5-9-16)12-6-10-17/h2-4,7-8H,5-6,11-13H2,1H3. The molecule has 0 unspecified atom stereocenters. The Balaban J connectivity index is 2.61. The zero-order chi connectivity index (χ0) is 14.8. The van der Waals surface area contributed by atoms with Crippen LogP contribution < -0.4 is 4.90 Å². The van der Waals surface area contributed by atoms with E-state index in [1.54, 1.807) is 4.90 Å². The van der Waals surface area contributed by atoms with Gasteiger partial charge < -0.3 is 9.80 Å². The molecule has 0 bridgehead atoms. The molecule has 20 heavy (non-hydrogen) atoms. The second-order valence-corrected chi connectivity index (χ2v) is 4.39. The molecule has 0 radical (unpaired) electrons. The molecule has 0 aliphatic carbocycles. The number of para-hydroxylation sites is 1. The fourth-order valence-corrected chi connectivity index (χ4v) is 1.81. The molecule has 5 nitrogen and oxygen atoms in total. The van der Waals surface area contributed by atoms with Crippen LogP contribution in [-0.2, 0) is 4.79 Å². The van der Waals surface area contributed by atoms with Crippen molar-refractivity contribution < 1.29 is 4.79 Å². The fourth-order valence-electron chi connectivity index (χ4n) is 1.81. The van der Waals surface area contributed by atoms with E-state index >= 15 is 0 Å². The summed E-state index contributed by atoms with van der Waals surface area (Å²) in [7, 11) is 1.85. The van der Waals surface area contributed by atoms with Crippen molar-refractivity contribution >= 4 is 11.6 Å². The van der Waals surface area contributed by atoms with Crippen LogP contribution in [0.1, 0.15) is 12.8 Å². The van der Waals surface area contributed by atoms with Crippen LogP contribution >= 0.6 is 0 Å². The van der Waals surface area contributed by atoms with Crippen molar-refractivity contribution in [2.45, 2.75) is 12.8 Å². The number of carbonyl (C=O) groups is 1. The van der Waals surface area contributed by atoms with Gasteiger partial charge in [-0.1, -0.05) is 18.2 Å². The van der Waals surface area contributed by atoms with Crippen molar-refractivity contribution in [2.75, 3.05) is 31.6 Å². The van der Waals surface area contributed by atoms with Crippen LogP contribution in [0.3, 0.4) is 0 Å². The average Bonchev–Trinajstić information content (AvgIpc) is 2.48. The second kappa shape index (κ2) is 8.55. The van der Waals surface area contributed by atoms with Crippen molar-refractivity contribution in [1.29, 1.82) is 10.5 Å². The van der Waals surface area contributed by atoms with Crippen LogP contribution in [0.15, 0.2) is 30.3 Å². The van der Waals surface area contributed by atoms with Gasteiger partial charge in [-0.25, -0.2) is 0 Å². The molecule has 0 spiro atoms. The van der Waals surface area contributed by atoms with Crippen molar-refractivity contribution in [3.8, 4) is 12.1 Å². The Labute approximate surface area is 119 Å². The lowest BCUT2D eigenvalue weighted by Crippen LogP contribution is -2.40. The number of nitrogens with zero attached hydrogens (tertiary/aromatic N) is 4. The summed E-state index contributed by atoms with van der Waals surface area (Å²) in [5, 5.41) is 17.2. The Morgan fingerprint density at radius 3 is 2.15 bits per heavy atom. The predicted molar refractivity (Wildman–Crippen MR) is 76.8 cm³/mol. The SMILES string of the molecule is CN(CC(=O)N(CCC#N)CCC#N)c1ccccc1. The highest BCUT2D eigenvalue weighted by atomic mass is 16.2. The van der Waals surface area contributed by atoms with Gasteiger partial charge in [-0.3, -0.25) is 4.79 Å². The lowest BCUT2D eigenvalue weighted by molar-refractivity contribution is -0.129. The molecule has 104 valence electrons. The van der Waals surface area contributed by atoms with Crippen LogP contribution in [0.25, 0.3) is 0 Å². The lowest BCUT2D eigenvalue weighted by Gasteiger charge is -2.25. The van der Waals surface area contributed by atoms with Gasteiger partial charge in [0.25, 0.3) is 0 Å². The highest BCUT2D eigenvalue weighted by molar-refractivity contribution is 5.81. The van der Waals surface area contributed by atoms with Gasteiger partial charge in [-0.15, -0.1) is 0 Å². The number of benzene rings is 1. The highest BCUT2D eigenvalue weighted by Crippen LogP contribution is 2.11. The minimum atomic E-state index is -0.0677. The van der Waals surface area contributed by atoms with Crippen LogP contribution in [0.2, 0.25) is 0 Å². The maximum Gasteiger partial charge on any atom is 0.242 e. The van der Waals surface area contributed by atoms with Crippen molar-refractivity contribution in [3.63, 3.8) is 0 Å². The quantitative estimate of drug-likeness (QED) is 0.757. The minimum absolute atomic E-state index is 0.0677. The summed E-state index contributed by atoms with van der Waals surface area (Å²) in [6.45, 7) is 0.986.